The van der Waals surface area contributed by atoms with E-state index in [4.69, 9.17) is 9.15 Å². The maximum Gasteiger partial charge on any atom is 0.235 e. The molecular formula is C27H21NO4. The van der Waals surface area contributed by atoms with E-state index in [1.54, 1.807) is 12.3 Å². The molecule has 0 unspecified atom stereocenters. The molecule has 5 rings (SSSR count). The molecule has 0 aliphatic rings. The zero-order valence-corrected chi connectivity index (χ0v) is 17.8. The lowest BCUT2D eigenvalue weighted by molar-refractivity contribution is 0.0922. The highest BCUT2D eigenvalue weighted by Gasteiger charge is 2.20. The number of rotatable bonds is 5. The van der Waals surface area contributed by atoms with Gasteiger partial charge in [0.25, 0.3) is 0 Å². The molecule has 0 amide bonds. The number of carbonyl (C=O) groups excluding carboxylic acids is 1. The fraction of sp³-hybridized carbons (Fsp3) is 0.111. The minimum Gasteiger partial charge on any atom is -0.478 e. The quantitative estimate of drug-likeness (QED) is 0.362. The third-order valence-corrected chi connectivity index (χ3v) is 5.56. The Hall–Kier alpha value is -4.12. The van der Waals surface area contributed by atoms with Gasteiger partial charge in [0, 0.05) is 28.2 Å². The van der Waals surface area contributed by atoms with Crippen LogP contribution >= 0.6 is 0 Å². The molecule has 5 aromatic rings. The number of H-pyrrole nitrogens is 1. The largest absolute Gasteiger partial charge is 0.478 e. The number of ketones is 1. The monoisotopic (exact) mass is 423 g/mol. The molecule has 0 bridgehead atoms. The van der Waals surface area contributed by atoms with Gasteiger partial charge < -0.3 is 14.1 Å². The predicted molar refractivity (Wildman–Crippen MR) is 126 cm³/mol. The second-order valence-electron chi connectivity index (χ2n) is 7.91. The molecule has 3 aromatic carbocycles. The Morgan fingerprint density at radius 1 is 0.938 bits per heavy atom. The van der Waals surface area contributed by atoms with Gasteiger partial charge in [-0.05, 0) is 37.6 Å². The standard InChI is InChI=1S/C27H21NO4/c1-16-7-10-18(11-8-16)26-27(25(30)20-12-9-17(2)13-24(20)32-26)31-15-23(29)21-14-28-22-6-4-3-5-19(21)22/h3-14,28H,15H2,1-2H3. The summed E-state index contributed by atoms with van der Waals surface area (Å²) in [6, 6.07) is 20.6. The number of nitrogens with one attached hydrogen (secondary N) is 1. The fourth-order valence-electron chi connectivity index (χ4n) is 3.83. The first-order valence-corrected chi connectivity index (χ1v) is 10.4. The van der Waals surface area contributed by atoms with E-state index in [0.29, 0.717) is 27.9 Å². The van der Waals surface area contributed by atoms with E-state index in [1.165, 1.54) is 0 Å². The Labute approximate surface area is 184 Å². The van der Waals surface area contributed by atoms with E-state index < -0.39 is 0 Å². The minimum absolute atomic E-state index is 0.0402. The van der Waals surface area contributed by atoms with Gasteiger partial charge in [-0.25, -0.2) is 0 Å². The number of benzene rings is 3. The van der Waals surface area contributed by atoms with Gasteiger partial charge in [0.2, 0.25) is 17.0 Å². The smallest absolute Gasteiger partial charge is 0.235 e. The molecule has 5 heteroatoms. The van der Waals surface area contributed by atoms with Crippen molar-refractivity contribution in [2.24, 2.45) is 0 Å². The number of aromatic amines is 1. The van der Waals surface area contributed by atoms with E-state index in [2.05, 4.69) is 4.98 Å². The number of ether oxygens (including phenoxy) is 1. The Balaban J connectivity index is 1.57. The van der Waals surface area contributed by atoms with E-state index in [0.717, 1.165) is 22.0 Å². The Morgan fingerprint density at radius 3 is 2.50 bits per heavy atom. The minimum atomic E-state index is -0.298. The molecule has 1 N–H and O–H groups in total. The van der Waals surface area contributed by atoms with Crippen LogP contribution in [0.5, 0.6) is 5.75 Å². The van der Waals surface area contributed by atoms with Crippen molar-refractivity contribution in [2.75, 3.05) is 6.61 Å². The van der Waals surface area contributed by atoms with Crippen LogP contribution in [0.3, 0.4) is 0 Å². The number of hydrogen-bond donors (Lipinski definition) is 1. The van der Waals surface area contributed by atoms with Crippen molar-refractivity contribution >= 4 is 27.7 Å². The van der Waals surface area contributed by atoms with Crippen LogP contribution in [0, 0.1) is 13.8 Å². The maximum atomic E-state index is 13.3. The number of hydrogen-bond acceptors (Lipinski definition) is 4. The Bertz CT molecular complexity index is 1520. The van der Waals surface area contributed by atoms with Gasteiger partial charge in [-0.15, -0.1) is 0 Å². The van der Waals surface area contributed by atoms with E-state index in [1.807, 2.05) is 74.5 Å². The van der Waals surface area contributed by atoms with Crippen molar-refractivity contribution in [3.63, 3.8) is 0 Å². The van der Waals surface area contributed by atoms with Crippen molar-refractivity contribution in [2.45, 2.75) is 13.8 Å². The van der Waals surface area contributed by atoms with E-state index >= 15 is 0 Å². The highest BCUT2D eigenvalue weighted by molar-refractivity contribution is 6.08. The van der Waals surface area contributed by atoms with Crippen molar-refractivity contribution < 1.29 is 13.9 Å². The van der Waals surface area contributed by atoms with Crippen molar-refractivity contribution in [3.05, 3.63) is 99.8 Å². The normalized spacial score (nSPS) is 11.2. The summed E-state index contributed by atoms with van der Waals surface area (Å²) in [6.07, 6.45) is 1.67. The van der Waals surface area contributed by atoms with Crippen LogP contribution in [0.15, 0.2) is 82.1 Å². The van der Waals surface area contributed by atoms with Crippen LogP contribution in [-0.4, -0.2) is 17.4 Å². The molecular weight excluding hydrogens is 402 g/mol. The summed E-state index contributed by atoms with van der Waals surface area (Å²) in [5.41, 5.74) is 4.37. The summed E-state index contributed by atoms with van der Waals surface area (Å²) >= 11 is 0. The molecule has 32 heavy (non-hydrogen) atoms. The second-order valence-corrected chi connectivity index (χ2v) is 7.91. The first kappa shape index (κ1) is 19.8. The van der Waals surface area contributed by atoms with Crippen molar-refractivity contribution in [3.8, 4) is 17.1 Å². The highest BCUT2D eigenvalue weighted by atomic mass is 16.5. The van der Waals surface area contributed by atoms with Crippen LogP contribution in [0.2, 0.25) is 0 Å². The van der Waals surface area contributed by atoms with E-state index in [-0.39, 0.29) is 23.6 Å². The molecule has 5 nitrogen and oxygen atoms in total. The molecule has 0 aliphatic carbocycles. The van der Waals surface area contributed by atoms with Crippen LogP contribution in [0.25, 0.3) is 33.2 Å². The third kappa shape index (κ3) is 3.48. The first-order chi connectivity index (χ1) is 15.5. The summed E-state index contributed by atoms with van der Waals surface area (Å²) in [7, 11) is 0. The average Bonchev–Trinajstić information content (AvgIpc) is 3.23. The fourth-order valence-corrected chi connectivity index (χ4v) is 3.83. The van der Waals surface area contributed by atoms with Gasteiger partial charge >= 0.3 is 0 Å². The molecule has 158 valence electrons. The number of para-hydroxylation sites is 1. The van der Waals surface area contributed by atoms with Crippen LogP contribution in [0.4, 0.5) is 0 Å². The topological polar surface area (TPSA) is 72.3 Å². The van der Waals surface area contributed by atoms with Gasteiger partial charge in [-0.1, -0.05) is 54.1 Å². The van der Waals surface area contributed by atoms with Gasteiger partial charge in [-0.2, -0.15) is 0 Å². The number of aromatic nitrogens is 1. The Morgan fingerprint density at radius 2 is 1.69 bits per heavy atom. The van der Waals surface area contributed by atoms with Gasteiger partial charge in [0.1, 0.15) is 5.58 Å². The number of aryl methyl sites for hydroxylation is 2. The zero-order valence-electron chi connectivity index (χ0n) is 17.8. The molecule has 0 spiro atoms. The first-order valence-electron chi connectivity index (χ1n) is 10.4. The van der Waals surface area contributed by atoms with Gasteiger partial charge in [0.05, 0.1) is 5.39 Å². The van der Waals surface area contributed by atoms with Crippen LogP contribution in [-0.2, 0) is 0 Å². The molecule has 2 aromatic heterocycles. The number of Topliss-reactive ketones (excluding diaryl/α,β-unsaturated/α-hetero) is 1. The Kier molecular flexibility index (Phi) is 4.86. The van der Waals surface area contributed by atoms with Gasteiger partial charge in [0.15, 0.2) is 12.4 Å². The summed E-state index contributed by atoms with van der Waals surface area (Å²) in [6.45, 7) is 3.65. The molecule has 0 saturated heterocycles. The summed E-state index contributed by atoms with van der Waals surface area (Å²) in [5, 5.41) is 1.24. The lowest BCUT2D eigenvalue weighted by atomic mass is 10.1. The molecule has 0 radical (unpaired) electrons. The third-order valence-electron chi connectivity index (χ3n) is 5.56. The van der Waals surface area contributed by atoms with Crippen molar-refractivity contribution in [1.82, 2.24) is 4.98 Å². The number of fused-ring (bicyclic) bond motifs is 2. The van der Waals surface area contributed by atoms with Crippen LogP contribution < -0.4 is 10.2 Å². The predicted octanol–water partition coefficient (Wildman–Crippen LogP) is 5.82. The van der Waals surface area contributed by atoms with E-state index in [9.17, 15) is 9.59 Å². The van der Waals surface area contributed by atoms with Crippen LogP contribution in [0.1, 0.15) is 21.5 Å². The summed E-state index contributed by atoms with van der Waals surface area (Å²) in [5.74, 6) is 0.138. The molecule has 2 heterocycles. The lowest BCUT2D eigenvalue weighted by Gasteiger charge is -2.12. The molecule has 0 atom stereocenters. The highest BCUT2D eigenvalue weighted by Crippen LogP contribution is 2.31. The number of carbonyl (C=O) groups is 1. The molecule has 0 saturated carbocycles. The van der Waals surface area contributed by atoms with Crippen molar-refractivity contribution in [1.29, 1.82) is 0 Å². The average molecular weight is 423 g/mol. The second kappa shape index (κ2) is 7.85. The summed E-state index contributed by atoms with van der Waals surface area (Å²) in [4.78, 5) is 29.3. The SMILES string of the molecule is Cc1ccc(-c2oc3cc(C)ccc3c(=O)c2OCC(=O)c2c[nH]c3ccccc23)cc1. The van der Waals surface area contributed by atoms with Gasteiger partial charge in [-0.3, -0.25) is 9.59 Å². The lowest BCUT2D eigenvalue weighted by Crippen LogP contribution is -2.17. The molecule has 0 fully saturated rings. The summed E-state index contributed by atoms with van der Waals surface area (Å²) < 4.78 is 12.0. The maximum absolute atomic E-state index is 13.3. The zero-order chi connectivity index (χ0) is 22.2. The molecule has 0 aliphatic heterocycles.